The number of hydrogen-bond donors (Lipinski definition) is 0. The van der Waals surface area contributed by atoms with Crippen LogP contribution in [0.5, 0.6) is 0 Å². The minimum atomic E-state index is -0.631. The van der Waals surface area contributed by atoms with Crippen LogP contribution in [0.1, 0.15) is 16.7 Å². The van der Waals surface area contributed by atoms with E-state index in [4.69, 9.17) is 0 Å². The molecule has 0 aliphatic carbocycles. The summed E-state index contributed by atoms with van der Waals surface area (Å²) < 4.78 is 14.8. The third kappa shape index (κ3) is 4.22. The van der Waals surface area contributed by atoms with Gasteiger partial charge in [0.05, 0.1) is 11.4 Å². The van der Waals surface area contributed by atoms with Crippen LogP contribution in [-0.4, -0.2) is 16.0 Å². The summed E-state index contributed by atoms with van der Waals surface area (Å²) in [7, 11) is 0. The number of hydrogen-bond acceptors (Lipinski definition) is 3. The number of nitrogens with zero attached hydrogens (tertiary/aromatic N) is 1. The molecule has 0 aromatic heterocycles. The normalized spacial score (nSPS) is 16.1. The van der Waals surface area contributed by atoms with E-state index in [0.29, 0.717) is 16.0 Å². The monoisotopic (exact) mass is 483 g/mol. The van der Waals surface area contributed by atoms with Crippen LogP contribution in [0.3, 0.4) is 0 Å². The highest BCUT2D eigenvalue weighted by Crippen LogP contribution is 2.34. The van der Waals surface area contributed by atoms with Gasteiger partial charge < -0.3 is 0 Å². The highest BCUT2D eigenvalue weighted by atomic mass is 79.9. The molecule has 1 fully saturated rings. The zero-order chi connectivity index (χ0) is 18.0. The van der Waals surface area contributed by atoms with Crippen LogP contribution in [0.25, 0.3) is 6.08 Å². The molecule has 0 bridgehead atoms. The van der Waals surface area contributed by atoms with Crippen molar-refractivity contribution in [1.82, 2.24) is 4.90 Å². The zero-order valence-corrected chi connectivity index (χ0v) is 16.8. The Labute approximate surface area is 165 Å². The number of carbonyl (C=O) groups excluding carboxylic acids is 2. The van der Waals surface area contributed by atoms with E-state index in [2.05, 4.69) is 31.9 Å². The summed E-state index contributed by atoms with van der Waals surface area (Å²) in [4.78, 5) is 26.3. The summed E-state index contributed by atoms with van der Waals surface area (Å²) in [6, 6.07) is 12.5. The van der Waals surface area contributed by atoms with E-state index in [9.17, 15) is 14.0 Å². The molecule has 1 aliphatic heterocycles. The van der Waals surface area contributed by atoms with Crippen LogP contribution >= 0.6 is 43.6 Å². The summed E-state index contributed by atoms with van der Waals surface area (Å²) in [6.07, 6.45) is 1.68. The van der Waals surface area contributed by atoms with Gasteiger partial charge in [-0.2, -0.15) is 0 Å². The smallest absolute Gasteiger partial charge is 0.268 e. The van der Waals surface area contributed by atoms with Crippen LogP contribution in [0, 0.1) is 0 Å². The van der Waals surface area contributed by atoms with Crippen LogP contribution in [-0.2, 0) is 18.0 Å². The van der Waals surface area contributed by atoms with Crippen LogP contribution < -0.4 is 0 Å². The quantitative estimate of drug-likeness (QED) is 0.505. The second kappa shape index (κ2) is 7.85. The average Bonchev–Trinajstić information content (AvgIpc) is 2.82. The lowest BCUT2D eigenvalue weighted by molar-refractivity contribution is -0.123. The molecule has 2 aromatic rings. The summed E-state index contributed by atoms with van der Waals surface area (Å²) >= 11 is 7.69. The van der Waals surface area contributed by atoms with Crippen molar-refractivity contribution in [2.45, 2.75) is 13.2 Å². The average molecular weight is 485 g/mol. The predicted octanol–water partition coefficient (Wildman–Crippen LogP) is 5.92. The zero-order valence-electron chi connectivity index (χ0n) is 12.8. The van der Waals surface area contributed by atoms with Gasteiger partial charge in [-0.15, -0.1) is 0 Å². The molecule has 1 saturated heterocycles. The molecule has 0 unspecified atom stereocenters. The van der Waals surface area contributed by atoms with Crippen molar-refractivity contribution in [3.05, 3.63) is 73.0 Å². The fourth-order valence-electron chi connectivity index (χ4n) is 2.46. The summed E-state index contributed by atoms with van der Waals surface area (Å²) in [5, 5.41) is -0.348. The van der Waals surface area contributed by atoms with Crippen LogP contribution in [0.15, 0.2) is 56.3 Å². The van der Waals surface area contributed by atoms with E-state index in [-0.39, 0.29) is 17.7 Å². The largest absolute Gasteiger partial charge is 0.293 e. The highest BCUT2D eigenvalue weighted by molar-refractivity contribution is 9.11. The third-order valence-corrected chi connectivity index (χ3v) is 5.47. The van der Waals surface area contributed by atoms with Crippen molar-refractivity contribution in [3.8, 4) is 0 Å². The Kier molecular flexibility index (Phi) is 5.76. The maximum Gasteiger partial charge on any atom is 0.293 e. The van der Waals surface area contributed by atoms with Crippen LogP contribution in [0.4, 0.5) is 9.18 Å². The molecule has 1 aliphatic rings. The number of halogens is 3. The maximum absolute atomic E-state index is 13.1. The second-order valence-corrected chi connectivity index (χ2v) is 8.20. The van der Waals surface area contributed by atoms with Crippen molar-refractivity contribution in [2.24, 2.45) is 0 Å². The molecule has 0 atom stereocenters. The molecule has 128 valence electrons. The number of carbonyl (C=O) groups is 2. The van der Waals surface area contributed by atoms with Gasteiger partial charge in [-0.05, 0) is 52.7 Å². The van der Waals surface area contributed by atoms with Gasteiger partial charge in [-0.3, -0.25) is 14.5 Å². The molecule has 0 spiro atoms. The molecule has 0 saturated carbocycles. The second-order valence-electron chi connectivity index (χ2n) is 5.37. The van der Waals surface area contributed by atoms with Gasteiger partial charge in [0.2, 0.25) is 0 Å². The molecule has 0 radical (unpaired) electrons. The predicted molar refractivity (Wildman–Crippen MR) is 105 cm³/mol. The van der Waals surface area contributed by atoms with E-state index in [1.807, 2.05) is 18.2 Å². The molecular weight excluding hydrogens is 473 g/mol. The standard InChI is InChI=1S/C18H12Br2FNO2S/c19-14-5-11(6-15(20)8-14)7-16-17(23)22(18(24)25-16)10-13-4-2-1-3-12(13)9-21/h1-8H,9-10H2/b16-7-. The molecule has 3 rings (SSSR count). The molecule has 3 nitrogen and oxygen atoms in total. The first-order chi connectivity index (χ1) is 12.0. The number of amides is 2. The van der Waals surface area contributed by atoms with Gasteiger partial charge in [-0.1, -0.05) is 56.1 Å². The minimum absolute atomic E-state index is 0.0737. The highest BCUT2D eigenvalue weighted by Gasteiger charge is 2.35. The summed E-state index contributed by atoms with van der Waals surface area (Å²) in [5.74, 6) is -0.361. The van der Waals surface area contributed by atoms with E-state index in [0.717, 1.165) is 31.2 Å². The molecule has 2 aromatic carbocycles. The first kappa shape index (κ1) is 18.4. The molecule has 1 heterocycles. The Bertz CT molecular complexity index is 865. The molecular formula is C18H12Br2FNO2S. The van der Waals surface area contributed by atoms with Crippen LogP contribution in [0.2, 0.25) is 0 Å². The van der Waals surface area contributed by atoms with Gasteiger partial charge >= 0.3 is 0 Å². The Morgan fingerprint density at radius 3 is 2.32 bits per heavy atom. The number of thioether (sulfide) groups is 1. The number of imide groups is 1. The number of rotatable bonds is 4. The lowest BCUT2D eigenvalue weighted by Gasteiger charge is -2.14. The van der Waals surface area contributed by atoms with E-state index >= 15 is 0 Å². The van der Waals surface area contributed by atoms with Crippen molar-refractivity contribution < 1.29 is 14.0 Å². The molecule has 25 heavy (non-hydrogen) atoms. The van der Waals surface area contributed by atoms with Crippen molar-refractivity contribution in [1.29, 1.82) is 0 Å². The Balaban J connectivity index is 1.86. The maximum atomic E-state index is 13.1. The van der Waals surface area contributed by atoms with Gasteiger partial charge in [-0.25, -0.2) is 4.39 Å². The molecule has 7 heteroatoms. The van der Waals surface area contributed by atoms with E-state index in [1.165, 1.54) is 0 Å². The lowest BCUT2D eigenvalue weighted by atomic mass is 10.1. The van der Waals surface area contributed by atoms with E-state index < -0.39 is 6.67 Å². The van der Waals surface area contributed by atoms with Crippen molar-refractivity contribution in [2.75, 3.05) is 0 Å². The Morgan fingerprint density at radius 2 is 1.68 bits per heavy atom. The van der Waals surface area contributed by atoms with Crippen molar-refractivity contribution in [3.63, 3.8) is 0 Å². The van der Waals surface area contributed by atoms with Gasteiger partial charge in [0.25, 0.3) is 11.1 Å². The lowest BCUT2D eigenvalue weighted by Crippen LogP contribution is -2.28. The molecule has 2 amide bonds. The Morgan fingerprint density at radius 1 is 1.04 bits per heavy atom. The fourth-order valence-corrected chi connectivity index (χ4v) is 4.63. The SMILES string of the molecule is O=C1S/C(=C\c2cc(Br)cc(Br)c2)C(=O)N1Cc1ccccc1CF. The number of alkyl halides is 1. The van der Waals surface area contributed by atoms with Gasteiger partial charge in [0.1, 0.15) is 6.67 Å². The topological polar surface area (TPSA) is 37.4 Å². The first-order valence-corrected chi connectivity index (χ1v) is 9.72. The van der Waals surface area contributed by atoms with Gasteiger partial charge in [0, 0.05) is 8.95 Å². The molecule has 0 N–H and O–H groups in total. The minimum Gasteiger partial charge on any atom is -0.268 e. The van der Waals surface area contributed by atoms with Crippen molar-refractivity contribution >= 4 is 60.8 Å². The fraction of sp³-hybridized carbons (Fsp3) is 0.111. The van der Waals surface area contributed by atoms with Gasteiger partial charge in [0.15, 0.2) is 0 Å². The third-order valence-electron chi connectivity index (χ3n) is 3.65. The van der Waals surface area contributed by atoms with E-state index in [1.54, 1.807) is 30.3 Å². The first-order valence-electron chi connectivity index (χ1n) is 7.32. The summed E-state index contributed by atoms with van der Waals surface area (Å²) in [6.45, 7) is -0.557. The number of benzene rings is 2. The summed E-state index contributed by atoms with van der Waals surface area (Å²) in [5.41, 5.74) is 1.93. The Hall–Kier alpha value is -1.44.